The maximum absolute atomic E-state index is 11.3. The molecular weight excluding hydrogens is 164 g/mol. The van der Waals surface area contributed by atoms with E-state index in [4.69, 9.17) is 0 Å². The van der Waals surface area contributed by atoms with Crippen LogP contribution in [0, 0.1) is 0 Å². The van der Waals surface area contributed by atoms with Gasteiger partial charge in [0, 0.05) is 26.2 Å². The molecule has 0 saturated carbocycles. The lowest BCUT2D eigenvalue weighted by molar-refractivity contribution is -0.124. The third-order valence-electron chi connectivity index (χ3n) is 1.81. The van der Waals surface area contributed by atoms with E-state index in [9.17, 15) is 4.79 Å². The van der Waals surface area contributed by atoms with Crippen molar-refractivity contribution < 1.29 is 4.79 Å². The molecule has 0 aromatic heterocycles. The van der Waals surface area contributed by atoms with Gasteiger partial charge in [-0.3, -0.25) is 4.79 Å². The van der Waals surface area contributed by atoms with Crippen LogP contribution in [0.25, 0.3) is 0 Å². The van der Waals surface area contributed by atoms with Gasteiger partial charge in [0.2, 0.25) is 5.91 Å². The highest BCUT2D eigenvalue weighted by atomic mass is 16.2. The first-order chi connectivity index (χ1) is 6.22. The number of carbonyl (C=O) groups excluding carboxylic acids is 1. The summed E-state index contributed by atoms with van der Waals surface area (Å²) in [4.78, 5) is 13.1. The molecule has 76 valence electrons. The number of likely N-dealkylation sites (N-methyl/N-ethyl adjacent to an activating group) is 2. The van der Waals surface area contributed by atoms with Gasteiger partial charge in [0.05, 0.1) is 0 Å². The molecule has 1 amide bonds. The van der Waals surface area contributed by atoms with Crippen molar-refractivity contribution in [2.75, 3.05) is 27.2 Å². The fourth-order valence-electron chi connectivity index (χ4n) is 0.910. The summed E-state index contributed by atoms with van der Waals surface area (Å²) in [5.74, 6) is 0.0868. The SMILES string of the molecule is CCCCN(C)C(=O)/C=C/CNC. The highest BCUT2D eigenvalue weighted by molar-refractivity contribution is 5.87. The smallest absolute Gasteiger partial charge is 0.246 e. The molecule has 3 heteroatoms. The predicted molar refractivity (Wildman–Crippen MR) is 55.6 cm³/mol. The zero-order valence-corrected chi connectivity index (χ0v) is 8.84. The molecule has 0 aliphatic heterocycles. The van der Waals surface area contributed by atoms with Crippen LogP contribution in [-0.2, 0) is 4.79 Å². The zero-order chi connectivity index (χ0) is 10.1. The quantitative estimate of drug-likeness (QED) is 0.625. The predicted octanol–water partition coefficient (Wildman–Crippen LogP) is 1.02. The van der Waals surface area contributed by atoms with Crippen molar-refractivity contribution in [3.63, 3.8) is 0 Å². The van der Waals surface area contributed by atoms with Crippen molar-refractivity contribution in [1.29, 1.82) is 0 Å². The largest absolute Gasteiger partial charge is 0.342 e. The molecule has 0 fully saturated rings. The minimum absolute atomic E-state index is 0.0868. The van der Waals surface area contributed by atoms with Crippen LogP contribution in [0.3, 0.4) is 0 Å². The Morgan fingerprint density at radius 2 is 2.23 bits per heavy atom. The summed E-state index contributed by atoms with van der Waals surface area (Å²) in [5, 5.41) is 2.95. The van der Waals surface area contributed by atoms with E-state index in [0.29, 0.717) is 0 Å². The summed E-state index contributed by atoms with van der Waals surface area (Å²) in [6, 6.07) is 0. The highest BCUT2D eigenvalue weighted by Crippen LogP contribution is 1.93. The normalized spacial score (nSPS) is 10.7. The molecule has 0 aliphatic carbocycles. The second kappa shape index (κ2) is 7.80. The van der Waals surface area contributed by atoms with Crippen molar-refractivity contribution in [1.82, 2.24) is 10.2 Å². The molecule has 0 rings (SSSR count). The van der Waals surface area contributed by atoms with Gasteiger partial charge in [-0.15, -0.1) is 0 Å². The molecule has 0 atom stereocenters. The van der Waals surface area contributed by atoms with Gasteiger partial charge in [0.1, 0.15) is 0 Å². The first-order valence-corrected chi connectivity index (χ1v) is 4.78. The number of rotatable bonds is 6. The van der Waals surface area contributed by atoms with Crippen LogP contribution >= 0.6 is 0 Å². The Kier molecular flexibility index (Phi) is 7.30. The Bertz CT molecular complexity index is 166. The molecule has 0 heterocycles. The van der Waals surface area contributed by atoms with Gasteiger partial charge in [0.25, 0.3) is 0 Å². The molecule has 1 N–H and O–H groups in total. The third kappa shape index (κ3) is 6.34. The van der Waals surface area contributed by atoms with E-state index in [1.54, 1.807) is 11.0 Å². The summed E-state index contributed by atoms with van der Waals surface area (Å²) < 4.78 is 0. The third-order valence-corrected chi connectivity index (χ3v) is 1.81. The maximum Gasteiger partial charge on any atom is 0.246 e. The lowest BCUT2D eigenvalue weighted by atomic mass is 10.3. The van der Waals surface area contributed by atoms with Crippen molar-refractivity contribution in [2.24, 2.45) is 0 Å². The van der Waals surface area contributed by atoms with Gasteiger partial charge in [-0.05, 0) is 13.5 Å². The second-order valence-corrected chi connectivity index (χ2v) is 3.07. The minimum Gasteiger partial charge on any atom is -0.342 e. The Labute approximate surface area is 80.8 Å². The summed E-state index contributed by atoms with van der Waals surface area (Å²) in [6.45, 7) is 3.71. The van der Waals surface area contributed by atoms with Crippen molar-refractivity contribution >= 4 is 5.91 Å². The van der Waals surface area contributed by atoms with Crippen molar-refractivity contribution in [3.05, 3.63) is 12.2 Å². The van der Waals surface area contributed by atoms with E-state index in [1.165, 1.54) is 0 Å². The number of amides is 1. The molecule has 0 bridgehead atoms. The summed E-state index contributed by atoms with van der Waals surface area (Å²) in [5.41, 5.74) is 0. The molecule has 0 radical (unpaired) electrons. The van der Waals surface area contributed by atoms with Gasteiger partial charge in [-0.1, -0.05) is 19.4 Å². The first-order valence-electron chi connectivity index (χ1n) is 4.78. The second-order valence-electron chi connectivity index (χ2n) is 3.07. The molecule has 0 saturated heterocycles. The fourth-order valence-corrected chi connectivity index (χ4v) is 0.910. The van der Waals surface area contributed by atoms with E-state index in [0.717, 1.165) is 25.9 Å². The fraction of sp³-hybridized carbons (Fsp3) is 0.700. The van der Waals surface area contributed by atoms with Gasteiger partial charge < -0.3 is 10.2 Å². The number of nitrogens with zero attached hydrogens (tertiary/aromatic N) is 1. The van der Waals surface area contributed by atoms with Crippen LogP contribution in [0.15, 0.2) is 12.2 Å². The van der Waals surface area contributed by atoms with Crippen LogP contribution in [0.5, 0.6) is 0 Å². The molecular formula is C10H20N2O. The van der Waals surface area contributed by atoms with Gasteiger partial charge in [-0.2, -0.15) is 0 Å². The van der Waals surface area contributed by atoms with Crippen LogP contribution in [0.1, 0.15) is 19.8 Å². The minimum atomic E-state index is 0.0868. The number of hydrogen-bond donors (Lipinski definition) is 1. The van der Waals surface area contributed by atoms with E-state index in [-0.39, 0.29) is 5.91 Å². The monoisotopic (exact) mass is 184 g/mol. The van der Waals surface area contributed by atoms with E-state index < -0.39 is 0 Å². The number of nitrogens with one attached hydrogen (secondary N) is 1. The molecule has 0 unspecified atom stereocenters. The topological polar surface area (TPSA) is 32.3 Å². The summed E-state index contributed by atoms with van der Waals surface area (Å²) >= 11 is 0. The molecule has 0 aromatic rings. The summed E-state index contributed by atoms with van der Waals surface area (Å²) in [7, 11) is 3.69. The molecule has 0 aromatic carbocycles. The Balaban J connectivity index is 3.68. The molecule has 0 aliphatic rings. The number of hydrogen-bond acceptors (Lipinski definition) is 2. The van der Waals surface area contributed by atoms with Crippen LogP contribution in [0.4, 0.5) is 0 Å². The Hall–Kier alpha value is -0.830. The standard InChI is InChI=1S/C10H20N2O/c1-4-5-9-12(3)10(13)7-6-8-11-2/h6-7,11H,4-5,8-9H2,1-3H3/b7-6+. The van der Waals surface area contributed by atoms with Crippen LogP contribution < -0.4 is 5.32 Å². The average molecular weight is 184 g/mol. The van der Waals surface area contributed by atoms with E-state index >= 15 is 0 Å². The molecule has 3 nitrogen and oxygen atoms in total. The number of carbonyl (C=O) groups is 1. The van der Waals surface area contributed by atoms with E-state index in [2.05, 4.69) is 12.2 Å². The maximum atomic E-state index is 11.3. The van der Waals surface area contributed by atoms with Crippen molar-refractivity contribution in [3.8, 4) is 0 Å². The van der Waals surface area contributed by atoms with E-state index in [1.807, 2.05) is 20.2 Å². The van der Waals surface area contributed by atoms with Crippen LogP contribution in [0.2, 0.25) is 0 Å². The molecule has 13 heavy (non-hydrogen) atoms. The first kappa shape index (κ1) is 12.2. The van der Waals surface area contributed by atoms with Crippen LogP contribution in [-0.4, -0.2) is 38.0 Å². The summed E-state index contributed by atoms with van der Waals surface area (Å²) in [6.07, 6.45) is 5.65. The lowest BCUT2D eigenvalue weighted by Gasteiger charge is -2.13. The number of unbranched alkanes of at least 4 members (excludes halogenated alkanes) is 1. The van der Waals surface area contributed by atoms with Crippen molar-refractivity contribution in [2.45, 2.75) is 19.8 Å². The van der Waals surface area contributed by atoms with Gasteiger partial charge in [-0.25, -0.2) is 0 Å². The highest BCUT2D eigenvalue weighted by Gasteiger charge is 2.01. The Morgan fingerprint density at radius 1 is 1.54 bits per heavy atom. The molecule has 0 spiro atoms. The van der Waals surface area contributed by atoms with Gasteiger partial charge in [0.15, 0.2) is 0 Å². The van der Waals surface area contributed by atoms with Gasteiger partial charge >= 0.3 is 0 Å². The average Bonchev–Trinajstić information content (AvgIpc) is 2.14. The lowest BCUT2D eigenvalue weighted by Crippen LogP contribution is -2.25. The zero-order valence-electron chi connectivity index (χ0n) is 8.84. The Morgan fingerprint density at radius 3 is 2.77 bits per heavy atom.